The van der Waals surface area contributed by atoms with Gasteiger partial charge in [-0.05, 0) is 17.7 Å². The van der Waals surface area contributed by atoms with Crippen LogP contribution in [0.15, 0.2) is 30.5 Å². The van der Waals surface area contributed by atoms with E-state index in [-0.39, 0.29) is 9.52 Å². The molecular weight excluding hydrogens is 186 g/mol. The van der Waals surface area contributed by atoms with Gasteiger partial charge in [-0.3, -0.25) is 0 Å². The van der Waals surface area contributed by atoms with Gasteiger partial charge in [0.1, 0.15) is 0 Å². The molecule has 0 bridgehead atoms. The highest BCUT2D eigenvalue weighted by Crippen LogP contribution is 2.18. The Hall–Kier alpha value is -1.02. The van der Waals surface area contributed by atoms with E-state index in [1.807, 2.05) is 0 Å². The highest BCUT2D eigenvalue weighted by atomic mass is 28.2. The standard InChI is InChI=1S/C12H17NSi/c1-9(2)14-8-10-7-13-12-6-4-3-5-11(10)12/h3-7,9,13H,8,14H2,1-2H3. The van der Waals surface area contributed by atoms with Crippen molar-refractivity contribution >= 4 is 20.4 Å². The van der Waals surface area contributed by atoms with Crippen molar-refractivity contribution in [3.8, 4) is 0 Å². The first-order valence-electron chi connectivity index (χ1n) is 5.32. The van der Waals surface area contributed by atoms with Crippen LogP contribution in [0, 0.1) is 0 Å². The lowest BCUT2D eigenvalue weighted by atomic mass is 10.2. The molecule has 1 aromatic carbocycles. The van der Waals surface area contributed by atoms with Crippen LogP contribution in [0.25, 0.3) is 10.9 Å². The maximum atomic E-state index is 3.33. The van der Waals surface area contributed by atoms with Gasteiger partial charge in [-0.2, -0.15) is 0 Å². The number of rotatable bonds is 3. The number of hydrogen-bond acceptors (Lipinski definition) is 0. The zero-order chi connectivity index (χ0) is 9.97. The van der Waals surface area contributed by atoms with E-state index in [2.05, 4.69) is 49.3 Å². The lowest BCUT2D eigenvalue weighted by Crippen LogP contribution is -1.99. The number of hydrogen-bond donors (Lipinski definition) is 1. The summed E-state index contributed by atoms with van der Waals surface area (Å²) in [5.74, 6) is 0. The van der Waals surface area contributed by atoms with Crippen LogP contribution in [0.1, 0.15) is 19.4 Å². The summed E-state index contributed by atoms with van der Waals surface area (Å²) in [7, 11) is 0.0689. The van der Waals surface area contributed by atoms with Crippen molar-refractivity contribution < 1.29 is 0 Å². The number of para-hydroxylation sites is 1. The van der Waals surface area contributed by atoms with Gasteiger partial charge in [-0.1, -0.05) is 37.6 Å². The lowest BCUT2D eigenvalue weighted by Gasteiger charge is -2.01. The molecule has 1 heterocycles. The van der Waals surface area contributed by atoms with E-state index in [0.717, 1.165) is 5.54 Å². The first kappa shape index (κ1) is 9.53. The van der Waals surface area contributed by atoms with Gasteiger partial charge in [0.25, 0.3) is 0 Å². The summed E-state index contributed by atoms with van der Waals surface area (Å²) in [5, 5.41) is 1.42. The second-order valence-electron chi connectivity index (χ2n) is 4.29. The van der Waals surface area contributed by atoms with Crippen molar-refractivity contribution in [3.05, 3.63) is 36.0 Å². The average molecular weight is 203 g/mol. The number of benzene rings is 1. The number of aromatic amines is 1. The van der Waals surface area contributed by atoms with E-state index < -0.39 is 0 Å². The first-order chi connectivity index (χ1) is 6.77. The second-order valence-corrected chi connectivity index (χ2v) is 7.00. The van der Waals surface area contributed by atoms with Crippen molar-refractivity contribution in [1.29, 1.82) is 0 Å². The third-order valence-electron chi connectivity index (χ3n) is 2.67. The predicted octanol–water partition coefficient (Wildman–Crippen LogP) is 2.67. The van der Waals surface area contributed by atoms with Crippen LogP contribution in [-0.4, -0.2) is 14.5 Å². The van der Waals surface area contributed by atoms with E-state index in [1.54, 1.807) is 0 Å². The molecule has 0 fully saturated rings. The topological polar surface area (TPSA) is 15.8 Å². The molecule has 2 aromatic rings. The van der Waals surface area contributed by atoms with Gasteiger partial charge < -0.3 is 4.98 Å². The molecule has 0 saturated carbocycles. The maximum Gasteiger partial charge on any atom is 0.0456 e. The molecule has 2 rings (SSSR count). The Morgan fingerprint density at radius 1 is 1.29 bits per heavy atom. The van der Waals surface area contributed by atoms with E-state index >= 15 is 0 Å². The fraction of sp³-hybridized carbons (Fsp3) is 0.333. The van der Waals surface area contributed by atoms with Crippen molar-refractivity contribution in [2.45, 2.75) is 25.4 Å². The lowest BCUT2D eigenvalue weighted by molar-refractivity contribution is 1.05. The molecule has 0 aliphatic heterocycles. The summed E-state index contributed by atoms with van der Waals surface area (Å²) in [6.07, 6.45) is 2.18. The Morgan fingerprint density at radius 2 is 2.07 bits per heavy atom. The second kappa shape index (κ2) is 4.01. The molecule has 0 unspecified atom stereocenters. The SMILES string of the molecule is CC(C)[SiH2]Cc1c[nH]c2ccccc12. The minimum absolute atomic E-state index is 0.0689. The molecule has 0 aliphatic rings. The van der Waals surface area contributed by atoms with Gasteiger partial charge in [0, 0.05) is 26.6 Å². The molecular formula is C12H17NSi. The number of fused-ring (bicyclic) bond motifs is 1. The summed E-state index contributed by atoms with van der Waals surface area (Å²) in [5.41, 5.74) is 3.71. The number of nitrogens with one attached hydrogen (secondary N) is 1. The minimum atomic E-state index is 0.0689. The molecule has 1 nitrogen and oxygen atoms in total. The largest absolute Gasteiger partial charge is 0.361 e. The molecule has 0 aliphatic carbocycles. The van der Waals surface area contributed by atoms with Crippen molar-refractivity contribution in [3.63, 3.8) is 0 Å². The third kappa shape index (κ3) is 1.90. The fourth-order valence-electron chi connectivity index (χ4n) is 1.78. The Kier molecular flexibility index (Phi) is 2.73. The van der Waals surface area contributed by atoms with Crippen LogP contribution in [0.2, 0.25) is 5.54 Å². The quantitative estimate of drug-likeness (QED) is 0.738. The summed E-state index contributed by atoms with van der Waals surface area (Å²) in [6.45, 7) is 4.67. The van der Waals surface area contributed by atoms with Gasteiger partial charge in [0.05, 0.1) is 0 Å². The first-order valence-corrected chi connectivity index (χ1v) is 7.14. The summed E-state index contributed by atoms with van der Waals surface area (Å²) in [6, 6.07) is 9.90. The van der Waals surface area contributed by atoms with E-state index in [4.69, 9.17) is 0 Å². The van der Waals surface area contributed by atoms with E-state index in [9.17, 15) is 0 Å². The van der Waals surface area contributed by atoms with E-state index in [1.165, 1.54) is 22.5 Å². The Balaban J connectivity index is 2.25. The monoisotopic (exact) mass is 203 g/mol. The van der Waals surface area contributed by atoms with Gasteiger partial charge in [0.15, 0.2) is 0 Å². The minimum Gasteiger partial charge on any atom is -0.361 e. The summed E-state index contributed by atoms with van der Waals surface area (Å²) >= 11 is 0. The molecule has 1 aromatic heterocycles. The normalized spacial score (nSPS) is 12.2. The third-order valence-corrected chi connectivity index (χ3v) is 4.65. The highest BCUT2D eigenvalue weighted by molar-refractivity contribution is 6.37. The van der Waals surface area contributed by atoms with Gasteiger partial charge in [-0.25, -0.2) is 0 Å². The van der Waals surface area contributed by atoms with Crippen LogP contribution < -0.4 is 0 Å². The smallest absolute Gasteiger partial charge is 0.0456 e. The van der Waals surface area contributed by atoms with Gasteiger partial charge >= 0.3 is 0 Å². The maximum absolute atomic E-state index is 3.33. The van der Waals surface area contributed by atoms with Gasteiger partial charge in [0.2, 0.25) is 0 Å². The van der Waals surface area contributed by atoms with Crippen LogP contribution >= 0.6 is 0 Å². The highest BCUT2D eigenvalue weighted by Gasteiger charge is 2.03. The van der Waals surface area contributed by atoms with Crippen LogP contribution in [-0.2, 0) is 6.04 Å². The molecule has 0 saturated heterocycles. The summed E-state index contributed by atoms with van der Waals surface area (Å²) < 4.78 is 0. The Labute approximate surface area is 87.4 Å². The van der Waals surface area contributed by atoms with Crippen LogP contribution in [0.3, 0.4) is 0 Å². The molecule has 0 spiro atoms. The number of H-pyrrole nitrogens is 1. The average Bonchev–Trinajstić information content (AvgIpc) is 2.58. The predicted molar refractivity (Wildman–Crippen MR) is 65.6 cm³/mol. The zero-order valence-corrected chi connectivity index (χ0v) is 10.3. The fourth-order valence-corrected chi connectivity index (χ4v) is 3.08. The zero-order valence-electron chi connectivity index (χ0n) is 8.88. The molecule has 0 atom stereocenters. The van der Waals surface area contributed by atoms with Crippen molar-refractivity contribution in [1.82, 2.24) is 4.98 Å². The molecule has 74 valence electrons. The molecule has 2 heteroatoms. The Bertz CT molecular complexity index is 417. The summed E-state index contributed by atoms with van der Waals surface area (Å²) in [4.78, 5) is 3.33. The van der Waals surface area contributed by atoms with Gasteiger partial charge in [-0.15, -0.1) is 0 Å². The number of aromatic nitrogens is 1. The molecule has 1 N–H and O–H groups in total. The van der Waals surface area contributed by atoms with E-state index in [0.29, 0.717) is 0 Å². The molecule has 0 amide bonds. The van der Waals surface area contributed by atoms with Crippen molar-refractivity contribution in [2.75, 3.05) is 0 Å². The van der Waals surface area contributed by atoms with Crippen LogP contribution in [0.4, 0.5) is 0 Å². The Morgan fingerprint density at radius 3 is 2.86 bits per heavy atom. The molecule has 14 heavy (non-hydrogen) atoms. The van der Waals surface area contributed by atoms with Crippen LogP contribution in [0.5, 0.6) is 0 Å². The van der Waals surface area contributed by atoms with Crippen molar-refractivity contribution in [2.24, 2.45) is 0 Å². The molecule has 0 radical (unpaired) electrons.